The highest BCUT2D eigenvalue weighted by atomic mass is 32.1. The van der Waals surface area contributed by atoms with Crippen LogP contribution >= 0.6 is 11.3 Å². The van der Waals surface area contributed by atoms with Crippen LogP contribution in [0.2, 0.25) is 0 Å². The molecule has 0 radical (unpaired) electrons. The van der Waals surface area contributed by atoms with Crippen molar-refractivity contribution in [3.8, 4) is 0 Å². The lowest BCUT2D eigenvalue weighted by atomic mass is 10.1. The van der Waals surface area contributed by atoms with Crippen molar-refractivity contribution in [1.29, 1.82) is 0 Å². The fourth-order valence-corrected chi connectivity index (χ4v) is 2.38. The van der Waals surface area contributed by atoms with Gasteiger partial charge in [0.15, 0.2) is 5.13 Å². The third kappa shape index (κ3) is 4.03. The van der Waals surface area contributed by atoms with Crippen LogP contribution in [0.4, 0.5) is 10.8 Å². The summed E-state index contributed by atoms with van der Waals surface area (Å²) in [5.41, 5.74) is 7.40. The number of hydrogen-bond acceptors (Lipinski definition) is 5. The van der Waals surface area contributed by atoms with E-state index in [2.05, 4.69) is 15.6 Å². The fourth-order valence-electron chi connectivity index (χ4n) is 1.83. The van der Waals surface area contributed by atoms with E-state index in [1.54, 1.807) is 11.4 Å². The summed E-state index contributed by atoms with van der Waals surface area (Å²) >= 11 is 1.22. The van der Waals surface area contributed by atoms with Crippen molar-refractivity contribution in [2.45, 2.75) is 19.9 Å². The maximum absolute atomic E-state index is 12.0. The highest BCUT2D eigenvalue weighted by Crippen LogP contribution is 2.18. The number of rotatable bonds is 4. The molecular formula is C14H16N4O2S. The second kappa shape index (κ2) is 6.36. The average Bonchev–Trinajstić information content (AvgIpc) is 2.85. The van der Waals surface area contributed by atoms with Crippen LogP contribution in [0.1, 0.15) is 35.9 Å². The third-order valence-electron chi connectivity index (χ3n) is 2.81. The first kappa shape index (κ1) is 15.0. The molecule has 110 valence electrons. The summed E-state index contributed by atoms with van der Waals surface area (Å²) in [6.45, 7) is 3.31. The number of nitrogens with zero attached hydrogens (tertiary/aromatic N) is 1. The number of nitrogens with one attached hydrogen (secondary N) is 2. The second-order valence-electron chi connectivity index (χ2n) is 4.57. The van der Waals surface area contributed by atoms with Gasteiger partial charge in [-0.2, -0.15) is 0 Å². The standard InChI is InChI=1S/C14H16N4O2S/c1-8(16-13(20)12-7-21-14(15)18-12)10-4-3-5-11(6-10)17-9(2)19/h3-8H,1-2H3,(H2,15,18)(H,16,20)(H,17,19). The van der Waals surface area contributed by atoms with Crippen molar-refractivity contribution in [2.75, 3.05) is 11.1 Å². The quantitative estimate of drug-likeness (QED) is 0.806. The summed E-state index contributed by atoms with van der Waals surface area (Å²) in [4.78, 5) is 27.0. The van der Waals surface area contributed by atoms with Crippen molar-refractivity contribution in [1.82, 2.24) is 10.3 Å². The largest absolute Gasteiger partial charge is 0.375 e. The zero-order chi connectivity index (χ0) is 15.4. The lowest BCUT2D eigenvalue weighted by molar-refractivity contribution is -0.114. The lowest BCUT2D eigenvalue weighted by Crippen LogP contribution is -2.27. The molecule has 0 bridgehead atoms. The van der Waals surface area contributed by atoms with Crippen LogP contribution in [0.5, 0.6) is 0 Å². The van der Waals surface area contributed by atoms with Crippen molar-refractivity contribution in [3.05, 3.63) is 40.9 Å². The Morgan fingerprint density at radius 3 is 2.76 bits per heavy atom. The molecule has 2 amide bonds. The third-order valence-corrected chi connectivity index (χ3v) is 3.48. The Bertz CT molecular complexity index is 668. The lowest BCUT2D eigenvalue weighted by Gasteiger charge is -2.14. The van der Waals surface area contributed by atoms with Gasteiger partial charge in [-0.3, -0.25) is 9.59 Å². The first-order chi connectivity index (χ1) is 9.95. The molecule has 7 heteroatoms. The van der Waals surface area contributed by atoms with E-state index >= 15 is 0 Å². The van der Waals surface area contributed by atoms with Crippen LogP contribution < -0.4 is 16.4 Å². The molecule has 0 saturated carbocycles. The zero-order valence-corrected chi connectivity index (χ0v) is 12.5. The highest BCUT2D eigenvalue weighted by molar-refractivity contribution is 7.13. The van der Waals surface area contributed by atoms with Gasteiger partial charge in [-0.1, -0.05) is 12.1 Å². The van der Waals surface area contributed by atoms with Gasteiger partial charge in [0.25, 0.3) is 5.91 Å². The smallest absolute Gasteiger partial charge is 0.271 e. The molecule has 1 unspecified atom stereocenters. The predicted molar refractivity (Wildman–Crippen MR) is 83.2 cm³/mol. The molecule has 6 nitrogen and oxygen atoms in total. The van der Waals surface area contributed by atoms with Crippen LogP contribution in [0.15, 0.2) is 29.6 Å². The van der Waals surface area contributed by atoms with E-state index in [-0.39, 0.29) is 17.9 Å². The van der Waals surface area contributed by atoms with Gasteiger partial charge < -0.3 is 16.4 Å². The molecule has 1 aromatic heterocycles. The molecule has 0 spiro atoms. The molecule has 4 N–H and O–H groups in total. The van der Waals surface area contributed by atoms with E-state index in [4.69, 9.17) is 5.73 Å². The summed E-state index contributed by atoms with van der Waals surface area (Å²) in [7, 11) is 0. The Balaban J connectivity index is 2.07. The number of benzene rings is 1. The summed E-state index contributed by atoms with van der Waals surface area (Å²) in [6, 6.07) is 7.10. The van der Waals surface area contributed by atoms with Crippen LogP contribution in [-0.2, 0) is 4.79 Å². The van der Waals surface area contributed by atoms with Gasteiger partial charge >= 0.3 is 0 Å². The molecule has 2 aromatic rings. The number of carbonyl (C=O) groups is 2. The minimum atomic E-state index is -0.277. The Labute approximate surface area is 126 Å². The molecule has 2 rings (SSSR count). The Morgan fingerprint density at radius 2 is 2.14 bits per heavy atom. The number of carbonyl (C=O) groups excluding carboxylic acids is 2. The molecule has 0 aliphatic heterocycles. The van der Waals surface area contributed by atoms with Crippen molar-refractivity contribution in [3.63, 3.8) is 0 Å². The number of nitrogens with two attached hydrogens (primary N) is 1. The summed E-state index contributed by atoms with van der Waals surface area (Å²) in [5.74, 6) is -0.415. The van der Waals surface area contributed by atoms with E-state index in [1.165, 1.54) is 18.3 Å². The van der Waals surface area contributed by atoms with E-state index in [9.17, 15) is 9.59 Å². The molecule has 0 aliphatic rings. The monoisotopic (exact) mass is 304 g/mol. The van der Waals surface area contributed by atoms with Crippen LogP contribution in [0, 0.1) is 0 Å². The molecule has 0 aliphatic carbocycles. The predicted octanol–water partition coefficient (Wildman–Crippen LogP) is 2.17. The Hall–Kier alpha value is -2.41. The van der Waals surface area contributed by atoms with E-state index in [1.807, 2.05) is 25.1 Å². The topological polar surface area (TPSA) is 97.1 Å². The summed E-state index contributed by atoms with van der Waals surface area (Å²) in [5, 5.41) is 7.53. The molecule has 1 heterocycles. The maximum Gasteiger partial charge on any atom is 0.271 e. The number of nitrogen functional groups attached to an aromatic ring is 1. The maximum atomic E-state index is 12.0. The van der Waals surface area contributed by atoms with E-state index in [0.29, 0.717) is 16.5 Å². The molecule has 0 saturated heterocycles. The Kier molecular flexibility index (Phi) is 4.54. The fraction of sp³-hybridized carbons (Fsp3) is 0.214. The van der Waals surface area contributed by atoms with Gasteiger partial charge in [-0.25, -0.2) is 4.98 Å². The number of thiazole rings is 1. The van der Waals surface area contributed by atoms with Gasteiger partial charge in [-0.15, -0.1) is 11.3 Å². The summed E-state index contributed by atoms with van der Waals surface area (Å²) in [6.07, 6.45) is 0. The summed E-state index contributed by atoms with van der Waals surface area (Å²) < 4.78 is 0. The van der Waals surface area contributed by atoms with Gasteiger partial charge in [-0.05, 0) is 24.6 Å². The molecule has 1 atom stereocenters. The van der Waals surface area contributed by atoms with Gasteiger partial charge in [0.05, 0.1) is 6.04 Å². The van der Waals surface area contributed by atoms with Crippen LogP contribution in [0.25, 0.3) is 0 Å². The first-order valence-electron chi connectivity index (χ1n) is 6.35. The van der Waals surface area contributed by atoms with Crippen molar-refractivity contribution < 1.29 is 9.59 Å². The van der Waals surface area contributed by atoms with Gasteiger partial charge in [0, 0.05) is 18.0 Å². The first-order valence-corrected chi connectivity index (χ1v) is 7.23. The minimum Gasteiger partial charge on any atom is -0.375 e. The Morgan fingerprint density at radius 1 is 1.38 bits per heavy atom. The van der Waals surface area contributed by atoms with E-state index < -0.39 is 0 Å². The zero-order valence-electron chi connectivity index (χ0n) is 11.7. The molecular weight excluding hydrogens is 288 g/mol. The number of anilines is 2. The number of aromatic nitrogens is 1. The van der Waals surface area contributed by atoms with Gasteiger partial charge in [0.1, 0.15) is 5.69 Å². The van der Waals surface area contributed by atoms with Crippen molar-refractivity contribution in [2.24, 2.45) is 0 Å². The van der Waals surface area contributed by atoms with Crippen LogP contribution in [0.3, 0.4) is 0 Å². The van der Waals surface area contributed by atoms with E-state index in [0.717, 1.165) is 5.56 Å². The molecule has 1 aromatic carbocycles. The average molecular weight is 304 g/mol. The van der Waals surface area contributed by atoms with Crippen molar-refractivity contribution >= 4 is 34.0 Å². The number of amides is 2. The molecule has 0 fully saturated rings. The SMILES string of the molecule is CC(=O)Nc1cccc(C(C)NC(=O)c2csc(N)n2)c1. The van der Waals surface area contributed by atoms with Gasteiger partial charge in [0.2, 0.25) is 5.91 Å². The minimum absolute atomic E-state index is 0.137. The number of hydrogen-bond donors (Lipinski definition) is 3. The highest BCUT2D eigenvalue weighted by Gasteiger charge is 2.14. The normalized spacial score (nSPS) is 11.7. The molecule has 21 heavy (non-hydrogen) atoms. The second-order valence-corrected chi connectivity index (χ2v) is 5.46. The van der Waals surface area contributed by atoms with Crippen LogP contribution in [-0.4, -0.2) is 16.8 Å².